The third kappa shape index (κ3) is 8.70. The Morgan fingerprint density at radius 2 is 1.28 bits per heavy atom. The number of ether oxygens (including phenoxy) is 5. The molecule has 5 nitrogen and oxygen atoms in total. The minimum absolute atomic E-state index is 0.00588. The van der Waals surface area contributed by atoms with Crippen molar-refractivity contribution in [3.8, 4) is 11.5 Å². The van der Waals surface area contributed by atoms with Crippen LogP contribution in [0.4, 0.5) is 52.7 Å². The van der Waals surface area contributed by atoms with Gasteiger partial charge in [-0.1, -0.05) is 13.3 Å². The standard InChI is InChI=1S/C29H28F12O5/c1-2-3-15-13-42-25(43-14-15)16-4-6-17(7-5-16)26(33,34)44-18-8-9-20(21(30)10-18)27(35,36)45-19-11-22(31)24(23(32)12-19)28(37,38)46-29(39,40)41/h8-12,15-17,25H,2-7,13-14H2,1H3. The topological polar surface area (TPSA) is 46.2 Å². The normalized spacial score (nSPS) is 23.3. The summed E-state index contributed by atoms with van der Waals surface area (Å²) in [6.45, 7) is 3.07. The van der Waals surface area contributed by atoms with Crippen molar-refractivity contribution in [3.63, 3.8) is 0 Å². The zero-order valence-electron chi connectivity index (χ0n) is 23.9. The zero-order valence-corrected chi connectivity index (χ0v) is 23.9. The summed E-state index contributed by atoms with van der Waals surface area (Å²) in [6.07, 6.45) is -18.1. The van der Waals surface area contributed by atoms with Gasteiger partial charge in [-0.3, -0.25) is 0 Å². The van der Waals surface area contributed by atoms with Gasteiger partial charge in [-0.2, -0.15) is 26.3 Å². The van der Waals surface area contributed by atoms with Gasteiger partial charge in [0, 0.05) is 30.0 Å². The van der Waals surface area contributed by atoms with Gasteiger partial charge in [-0.25, -0.2) is 17.9 Å². The molecule has 1 saturated carbocycles. The molecule has 258 valence electrons. The summed E-state index contributed by atoms with van der Waals surface area (Å²) < 4.78 is 189. The maximum absolute atomic E-state index is 15.0. The summed E-state index contributed by atoms with van der Waals surface area (Å²) in [7, 11) is 0. The van der Waals surface area contributed by atoms with Crippen molar-refractivity contribution in [2.24, 2.45) is 17.8 Å². The fraction of sp³-hybridized carbons (Fsp3) is 0.586. The summed E-state index contributed by atoms with van der Waals surface area (Å²) in [4.78, 5) is 0. The van der Waals surface area contributed by atoms with E-state index in [-0.39, 0.29) is 48.9 Å². The average molecular weight is 685 g/mol. The van der Waals surface area contributed by atoms with Crippen molar-refractivity contribution in [2.75, 3.05) is 13.2 Å². The lowest BCUT2D eigenvalue weighted by Crippen LogP contribution is -2.42. The van der Waals surface area contributed by atoms with Gasteiger partial charge in [0.25, 0.3) is 0 Å². The quantitative estimate of drug-likeness (QED) is 0.221. The van der Waals surface area contributed by atoms with Crippen LogP contribution in [0, 0.1) is 35.2 Å². The Labute approximate surface area is 254 Å². The average Bonchev–Trinajstić information content (AvgIpc) is 2.91. The number of hydrogen-bond acceptors (Lipinski definition) is 5. The molecule has 0 radical (unpaired) electrons. The molecular weight excluding hydrogens is 656 g/mol. The lowest BCUT2D eigenvalue weighted by atomic mass is 9.80. The van der Waals surface area contributed by atoms with Crippen LogP contribution in [0.2, 0.25) is 0 Å². The molecule has 0 unspecified atom stereocenters. The van der Waals surface area contributed by atoms with Crippen LogP contribution in [0.3, 0.4) is 0 Å². The second-order valence-corrected chi connectivity index (χ2v) is 11.1. The van der Waals surface area contributed by atoms with Gasteiger partial charge in [0.2, 0.25) is 0 Å². The second kappa shape index (κ2) is 13.7. The highest BCUT2D eigenvalue weighted by atomic mass is 19.4. The zero-order chi connectivity index (χ0) is 34.1. The molecule has 0 aromatic heterocycles. The maximum Gasteiger partial charge on any atom is 0.527 e. The number of alkyl halides is 9. The Bertz CT molecular complexity index is 1310. The molecular formula is C29H28F12O5. The molecule has 2 aliphatic rings. The highest BCUT2D eigenvalue weighted by Gasteiger charge is 2.50. The molecule has 0 amide bonds. The Morgan fingerprint density at radius 1 is 0.717 bits per heavy atom. The largest absolute Gasteiger partial charge is 0.527 e. The fourth-order valence-electron chi connectivity index (χ4n) is 5.45. The minimum atomic E-state index is -6.03. The van der Waals surface area contributed by atoms with Crippen LogP contribution in [0.1, 0.15) is 56.6 Å². The van der Waals surface area contributed by atoms with E-state index in [4.69, 9.17) is 9.47 Å². The third-order valence-corrected chi connectivity index (χ3v) is 7.63. The SMILES string of the molecule is CCCC1COC(C2CCC(C(F)(F)Oc3ccc(C(F)(F)Oc4cc(F)c(C(F)(F)OC(F)(F)F)c(F)c4)c(F)c3)CC2)OC1. The molecule has 2 aromatic rings. The molecule has 0 spiro atoms. The second-order valence-electron chi connectivity index (χ2n) is 11.1. The predicted octanol–water partition coefficient (Wildman–Crippen LogP) is 9.39. The summed E-state index contributed by atoms with van der Waals surface area (Å²) in [6, 6.07) is 0.432. The van der Waals surface area contributed by atoms with E-state index in [2.05, 4.69) is 14.2 Å². The van der Waals surface area contributed by atoms with E-state index < -0.39 is 77.0 Å². The smallest absolute Gasteiger partial charge is 0.432 e. The Hall–Kier alpha value is -2.92. The van der Waals surface area contributed by atoms with E-state index >= 15 is 0 Å². The first-order valence-corrected chi connectivity index (χ1v) is 14.1. The predicted molar refractivity (Wildman–Crippen MR) is 133 cm³/mol. The number of benzene rings is 2. The van der Waals surface area contributed by atoms with Gasteiger partial charge < -0.3 is 18.9 Å². The summed E-state index contributed by atoms with van der Waals surface area (Å²) >= 11 is 0. The minimum Gasteiger partial charge on any atom is -0.432 e. The fourth-order valence-corrected chi connectivity index (χ4v) is 5.45. The third-order valence-electron chi connectivity index (χ3n) is 7.63. The molecule has 17 heteroatoms. The van der Waals surface area contributed by atoms with Gasteiger partial charge in [-0.05, 0) is 44.2 Å². The number of rotatable bonds is 11. The van der Waals surface area contributed by atoms with Crippen molar-refractivity contribution in [1.82, 2.24) is 0 Å². The Morgan fingerprint density at radius 3 is 1.80 bits per heavy atom. The van der Waals surface area contributed by atoms with Crippen molar-refractivity contribution in [1.29, 1.82) is 0 Å². The Balaban J connectivity index is 1.38. The summed E-state index contributed by atoms with van der Waals surface area (Å²) in [5, 5.41) is 0. The number of hydrogen-bond donors (Lipinski definition) is 0. The molecule has 2 aromatic carbocycles. The first-order chi connectivity index (χ1) is 21.3. The molecule has 46 heavy (non-hydrogen) atoms. The monoisotopic (exact) mass is 684 g/mol. The van der Waals surface area contributed by atoms with E-state index in [0.29, 0.717) is 32.1 Å². The summed E-state index contributed by atoms with van der Waals surface area (Å²) in [5.41, 5.74) is -4.19. The van der Waals surface area contributed by atoms with Crippen molar-refractivity contribution in [3.05, 3.63) is 58.9 Å². The van der Waals surface area contributed by atoms with E-state index in [1.54, 1.807) is 0 Å². The van der Waals surface area contributed by atoms with E-state index in [0.717, 1.165) is 12.8 Å². The molecule has 0 atom stereocenters. The maximum atomic E-state index is 15.0. The van der Waals surface area contributed by atoms with Crippen LogP contribution < -0.4 is 9.47 Å². The Kier molecular flexibility index (Phi) is 10.7. The molecule has 1 saturated heterocycles. The number of halogens is 12. The highest BCUT2D eigenvalue weighted by Crippen LogP contribution is 2.44. The van der Waals surface area contributed by atoms with Gasteiger partial charge in [-0.15, -0.1) is 13.2 Å². The van der Waals surface area contributed by atoms with E-state index in [1.807, 2.05) is 6.92 Å². The summed E-state index contributed by atoms with van der Waals surface area (Å²) in [5.74, 6) is -10.3. The first kappa shape index (κ1) is 35.9. The first-order valence-electron chi connectivity index (χ1n) is 14.1. The highest BCUT2D eigenvalue weighted by molar-refractivity contribution is 5.35. The van der Waals surface area contributed by atoms with Crippen molar-refractivity contribution < 1.29 is 76.4 Å². The van der Waals surface area contributed by atoms with Crippen molar-refractivity contribution in [2.45, 2.75) is 76.4 Å². The molecule has 0 N–H and O–H groups in total. The van der Waals surface area contributed by atoms with E-state index in [1.165, 1.54) is 0 Å². The van der Waals surface area contributed by atoms with Crippen LogP contribution in [0.25, 0.3) is 0 Å². The molecule has 2 fully saturated rings. The van der Waals surface area contributed by atoms with Gasteiger partial charge in [0.05, 0.1) is 19.1 Å². The molecule has 1 aliphatic carbocycles. The van der Waals surface area contributed by atoms with Crippen molar-refractivity contribution >= 4 is 0 Å². The van der Waals surface area contributed by atoms with Crippen LogP contribution in [-0.4, -0.2) is 32.0 Å². The molecule has 1 aliphatic heterocycles. The van der Waals surface area contributed by atoms with Gasteiger partial charge in [0.1, 0.15) is 40.1 Å². The van der Waals surface area contributed by atoms with Crippen LogP contribution in [0.15, 0.2) is 30.3 Å². The van der Waals surface area contributed by atoms with Crippen LogP contribution in [-0.2, 0) is 26.4 Å². The molecule has 1 heterocycles. The lowest BCUT2D eigenvalue weighted by molar-refractivity contribution is -0.432. The van der Waals surface area contributed by atoms with Gasteiger partial charge >= 0.3 is 24.7 Å². The van der Waals surface area contributed by atoms with Crippen LogP contribution in [0.5, 0.6) is 11.5 Å². The van der Waals surface area contributed by atoms with Gasteiger partial charge in [0.15, 0.2) is 6.29 Å². The molecule has 0 bridgehead atoms. The van der Waals surface area contributed by atoms with E-state index in [9.17, 15) is 52.7 Å². The lowest BCUT2D eigenvalue weighted by Gasteiger charge is -2.39. The molecule has 4 rings (SSSR count). The van der Waals surface area contributed by atoms with Crippen LogP contribution >= 0.6 is 0 Å².